The maximum absolute atomic E-state index is 10.5. The van der Waals surface area contributed by atoms with Gasteiger partial charge in [0.2, 0.25) is 0 Å². The molecule has 0 spiro atoms. The summed E-state index contributed by atoms with van der Waals surface area (Å²) in [5.41, 5.74) is 0.603. The van der Waals surface area contributed by atoms with Gasteiger partial charge in [-0.1, -0.05) is 17.7 Å². The second-order valence-electron chi connectivity index (χ2n) is 2.40. The molecular formula is C8H4Br2ClNO2. The minimum atomic E-state index is -0.512. The number of halogens is 3. The molecule has 0 saturated carbocycles. The molecule has 0 saturated heterocycles. The Balaban J connectivity index is 3.20. The van der Waals surface area contributed by atoms with Crippen LogP contribution in [0.25, 0.3) is 6.08 Å². The highest BCUT2D eigenvalue weighted by atomic mass is 79.9. The molecule has 0 bridgehead atoms. The fourth-order valence-electron chi connectivity index (χ4n) is 0.885. The van der Waals surface area contributed by atoms with Crippen molar-refractivity contribution in [2.75, 3.05) is 0 Å². The minimum absolute atomic E-state index is 0.0957. The highest BCUT2D eigenvalue weighted by molar-refractivity contribution is 9.28. The molecule has 1 aromatic rings. The topological polar surface area (TPSA) is 43.1 Å². The van der Waals surface area contributed by atoms with Crippen LogP contribution in [0.15, 0.2) is 21.6 Å². The van der Waals surface area contributed by atoms with Crippen molar-refractivity contribution in [2.45, 2.75) is 0 Å². The third kappa shape index (κ3) is 3.08. The zero-order chi connectivity index (χ0) is 10.7. The van der Waals surface area contributed by atoms with Crippen LogP contribution in [-0.2, 0) is 0 Å². The molecule has 0 aliphatic carbocycles. The predicted molar refractivity (Wildman–Crippen MR) is 63.9 cm³/mol. The number of nitro groups is 1. The van der Waals surface area contributed by atoms with Gasteiger partial charge in [0.25, 0.3) is 5.69 Å². The van der Waals surface area contributed by atoms with E-state index in [-0.39, 0.29) is 10.7 Å². The van der Waals surface area contributed by atoms with Gasteiger partial charge in [0.1, 0.15) is 5.02 Å². The van der Waals surface area contributed by atoms with Gasteiger partial charge in [0, 0.05) is 6.07 Å². The number of hydrogen-bond donors (Lipinski definition) is 0. The Hall–Kier alpha value is -0.390. The number of nitrogens with zero attached hydrogens (tertiary/aromatic N) is 1. The lowest BCUT2D eigenvalue weighted by Gasteiger charge is -1.97. The molecule has 6 heteroatoms. The first-order valence-electron chi connectivity index (χ1n) is 3.47. The number of rotatable bonds is 2. The first-order chi connectivity index (χ1) is 6.50. The summed E-state index contributed by atoms with van der Waals surface area (Å²) in [6.07, 6.45) is 1.70. The minimum Gasteiger partial charge on any atom is -0.258 e. The monoisotopic (exact) mass is 339 g/mol. The van der Waals surface area contributed by atoms with Gasteiger partial charge in [0.15, 0.2) is 0 Å². The predicted octanol–water partition coefficient (Wildman–Crippen LogP) is 4.34. The number of nitro benzene ring substituents is 1. The molecule has 0 atom stereocenters. The molecule has 0 unspecified atom stereocenters. The molecule has 3 nitrogen and oxygen atoms in total. The van der Waals surface area contributed by atoms with Crippen molar-refractivity contribution < 1.29 is 4.92 Å². The Bertz CT molecular complexity index is 402. The van der Waals surface area contributed by atoms with E-state index in [0.29, 0.717) is 8.96 Å². The summed E-state index contributed by atoms with van der Waals surface area (Å²) in [4.78, 5) is 10.0. The second kappa shape index (κ2) is 4.91. The standard InChI is InChI=1S/C8H4Br2ClNO2/c9-8(10)4-5-1-2-6(11)7(3-5)12(13)14/h1-4H. The highest BCUT2D eigenvalue weighted by Gasteiger charge is 2.11. The SMILES string of the molecule is O=[N+]([O-])c1cc(C=C(Br)Br)ccc1Cl. The Morgan fingerprint density at radius 1 is 1.50 bits per heavy atom. The van der Waals surface area contributed by atoms with E-state index in [4.69, 9.17) is 11.6 Å². The van der Waals surface area contributed by atoms with Crippen LogP contribution in [0.5, 0.6) is 0 Å². The normalized spacial score (nSPS) is 9.64. The summed E-state index contributed by atoms with van der Waals surface area (Å²) in [7, 11) is 0. The van der Waals surface area contributed by atoms with Crippen LogP contribution in [0.2, 0.25) is 5.02 Å². The first-order valence-corrected chi connectivity index (χ1v) is 5.44. The van der Waals surface area contributed by atoms with Gasteiger partial charge in [0.05, 0.1) is 8.31 Å². The quantitative estimate of drug-likeness (QED) is 0.593. The third-order valence-corrected chi connectivity index (χ3v) is 2.22. The molecule has 0 aliphatic rings. The van der Waals surface area contributed by atoms with Gasteiger partial charge in [-0.3, -0.25) is 10.1 Å². The number of benzene rings is 1. The first kappa shape index (κ1) is 11.7. The maximum atomic E-state index is 10.5. The third-order valence-electron chi connectivity index (χ3n) is 1.44. The van der Waals surface area contributed by atoms with E-state index in [1.54, 1.807) is 12.1 Å². The summed E-state index contributed by atoms with van der Waals surface area (Å²) < 4.78 is 0.710. The lowest BCUT2D eigenvalue weighted by molar-refractivity contribution is -0.384. The van der Waals surface area contributed by atoms with E-state index in [1.807, 2.05) is 0 Å². The largest absolute Gasteiger partial charge is 0.288 e. The zero-order valence-corrected chi connectivity index (χ0v) is 10.6. The molecule has 14 heavy (non-hydrogen) atoms. The molecular weight excluding hydrogens is 337 g/mol. The van der Waals surface area contributed by atoms with Crippen molar-refractivity contribution in [1.29, 1.82) is 0 Å². The smallest absolute Gasteiger partial charge is 0.258 e. The van der Waals surface area contributed by atoms with Gasteiger partial charge in [-0.15, -0.1) is 0 Å². The van der Waals surface area contributed by atoms with E-state index in [9.17, 15) is 10.1 Å². The van der Waals surface area contributed by atoms with Crippen molar-refractivity contribution in [3.63, 3.8) is 0 Å². The maximum Gasteiger partial charge on any atom is 0.288 e. The molecule has 0 aliphatic heterocycles. The van der Waals surface area contributed by atoms with Crippen molar-refractivity contribution in [3.05, 3.63) is 42.3 Å². The van der Waals surface area contributed by atoms with Crippen molar-refractivity contribution >= 4 is 55.2 Å². The number of hydrogen-bond acceptors (Lipinski definition) is 2. The molecule has 0 fully saturated rings. The summed E-state index contributed by atoms with van der Waals surface area (Å²) in [5, 5.41) is 10.7. The highest BCUT2D eigenvalue weighted by Crippen LogP contribution is 2.27. The van der Waals surface area contributed by atoms with Crippen molar-refractivity contribution in [3.8, 4) is 0 Å². The van der Waals surface area contributed by atoms with Crippen LogP contribution >= 0.6 is 43.5 Å². The van der Waals surface area contributed by atoms with Gasteiger partial charge in [-0.25, -0.2) is 0 Å². The fourth-order valence-corrected chi connectivity index (χ4v) is 1.60. The summed E-state index contributed by atoms with van der Waals surface area (Å²) in [6, 6.07) is 4.59. The molecule has 0 N–H and O–H groups in total. The average Bonchev–Trinajstić information content (AvgIpc) is 2.07. The van der Waals surface area contributed by atoms with Crippen LogP contribution in [-0.4, -0.2) is 4.92 Å². The molecule has 1 aromatic carbocycles. The van der Waals surface area contributed by atoms with Gasteiger partial charge in [-0.05, 0) is 49.6 Å². The molecule has 0 heterocycles. The van der Waals surface area contributed by atoms with E-state index >= 15 is 0 Å². The van der Waals surface area contributed by atoms with Gasteiger partial charge in [-0.2, -0.15) is 0 Å². The summed E-state index contributed by atoms with van der Waals surface area (Å²) in [5.74, 6) is 0. The van der Waals surface area contributed by atoms with Crippen LogP contribution in [0, 0.1) is 10.1 Å². The van der Waals surface area contributed by atoms with Crippen LogP contribution in [0.3, 0.4) is 0 Å². The van der Waals surface area contributed by atoms with Crippen LogP contribution in [0.4, 0.5) is 5.69 Å². The second-order valence-corrected chi connectivity index (χ2v) is 5.58. The van der Waals surface area contributed by atoms with E-state index in [0.717, 1.165) is 0 Å². The Kier molecular flexibility index (Phi) is 4.10. The molecule has 74 valence electrons. The van der Waals surface area contributed by atoms with Gasteiger partial charge >= 0.3 is 0 Å². The molecule has 0 radical (unpaired) electrons. The molecule has 1 rings (SSSR count). The summed E-state index contributed by atoms with van der Waals surface area (Å²) >= 11 is 12.0. The van der Waals surface area contributed by atoms with Gasteiger partial charge < -0.3 is 0 Å². The molecule has 0 aromatic heterocycles. The Morgan fingerprint density at radius 2 is 2.14 bits per heavy atom. The Morgan fingerprint density at radius 3 is 2.64 bits per heavy atom. The van der Waals surface area contributed by atoms with Crippen LogP contribution in [0.1, 0.15) is 5.56 Å². The van der Waals surface area contributed by atoms with E-state index < -0.39 is 4.92 Å². The van der Waals surface area contributed by atoms with Crippen molar-refractivity contribution in [2.24, 2.45) is 0 Å². The fraction of sp³-hybridized carbons (Fsp3) is 0. The zero-order valence-electron chi connectivity index (χ0n) is 6.71. The summed E-state index contributed by atoms with van der Waals surface area (Å²) in [6.45, 7) is 0. The lowest BCUT2D eigenvalue weighted by Crippen LogP contribution is -1.89. The molecule has 0 amide bonds. The van der Waals surface area contributed by atoms with E-state index in [1.165, 1.54) is 12.1 Å². The lowest BCUT2D eigenvalue weighted by atomic mass is 10.2. The Labute approximate surface area is 102 Å². The van der Waals surface area contributed by atoms with E-state index in [2.05, 4.69) is 31.9 Å². The van der Waals surface area contributed by atoms with Crippen molar-refractivity contribution in [1.82, 2.24) is 0 Å². The average molecular weight is 341 g/mol. The van der Waals surface area contributed by atoms with Crippen LogP contribution < -0.4 is 0 Å².